The summed E-state index contributed by atoms with van der Waals surface area (Å²) in [5.74, 6) is -0.109. The van der Waals surface area contributed by atoms with E-state index in [1.54, 1.807) is 32.2 Å². The van der Waals surface area contributed by atoms with Gasteiger partial charge in [0.2, 0.25) is 0 Å². The van der Waals surface area contributed by atoms with E-state index in [9.17, 15) is 9.59 Å². The minimum atomic E-state index is -2.55. The summed E-state index contributed by atoms with van der Waals surface area (Å²) in [5, 5.41) is 4.45. The molecule has 6 nitrogen and oxygen atoms in total. The SMILES string of the molecule is [2H]C([2H])([2H])OCc1ccc(C(C)=O)c2sc(C(=O)Nc3ccc4c(COC)cccc4n3)c(C)c12. The van der Waals surface area contributed by atoms with Crippen LogP contribution in [0.15, 0.2) is 42.5 Å². The average molecular weight is 452 g/mol. The van der Waals surface area contributed by atoms with E-state index in [1.165, 1.54) is 18.3 Å². The molecule has 0 spiro atoms. The molecule has 32 heavy (non-hydrogen) atoms. The molecule has 0 fully saturated rings. The Morgan fingerprint density at radius 1 is 1.09 bits per heavy atom. The minimum Gasteiger partial charge on any atom is -0.380 e. The number of fused-ring (bicyclic) bond motifs is 2. The number of hydrogen-bond acceptors (Lipinski definition) is 6. The van der Waals surface area contributed by atoms with Gasteiger partial charge in [0, 0.05) is 35.2 Å². The van der Waals surface area contributed by atoms with Crippen LogP contribution in [0.2, 0.25) is 0 Å². The van der Waals surface area contributed by atoms with Crippen molar-refractivity contribution in [3.8, 4) is 0 Å². The quantitative estimate of drug-likeness (QED) is 0.375. The van der Waals surface area contributed by atoms with Crippen LogP contribution in [0.4, 0.5) is 5.82 Å². The van der Waals surface area contributed by atoms with E-state index in [4.69, 9.17) is 13.6 Å². The first-order valence-corrected chi connectivity index (χ1v) is 10.8. The zero-order chi connectivity index (χ0) is 25.3. The van der Waals surface area contributed by atoms with E-state index in [-0.39, 0.29) is 18.3 Å². The largest absolute Gasteiger partial charge is 0.380 e. The molecular weight excluding hydrogens is 424 g/mol. The third kappa shape index (κ3) is 4.02. The van der Waals surface area contributed by atoms with Gasteiger partial charge in [-0.3, -0.25) is 9.59 Å². The highest BCUT2D eigenvalue weighted by Gasteiger charge is 2.21. The molecule has 1 amide bonds. The number of carbonyl (C=O) groups is 2. The lowest BCUT2D eigenvalue weighted by Crippen LogP contribution is -2.12. The average Bonchev–Trinajstić information content (AvgIpc) is 3.14. The summed E-state index contributed by atoms with van der Waals surface area (Å²) in [6.07, 6.45) is 0. The third-order valence-electron chi connectivity index (χ3n) is 5.34. The zero-order valence-electron chi connectivity index (χ0n) is 20.9. The van der Waals surface area contributed by atoms with Gasteiger partial charge in [-0.05, 0) is 54.8 Å². The van der Waals surface area contributed by atoms with E-state index < -0.39 is 7.04 Å². The molecule has 0 saturated heterocycles. The smallest absolute Gasteiger partial charge is 0.267 e. The molecule has 2 aromatic heterocycles. The van der Waals surface area contributed by atoms with Gasteiger partial charge in [0.1, 0.15) is 5.82 Å². The highest BCUT2D eigenvalue weighted by molar-refractivity contribution is 7.21. The number of hydrogen-bond donors (Lipinski definition) is 1. The van der Waals surface area contributed by atoms with Gasteiger partial charge in [0.15, 0.2) is 5.78 Å². The normalized spacial score (nSPS) is 13.0. The van der Waals surface area contributed by atoms with Crippen LogP contribution < -0.4 is 5.32 Å². The van der Waals surface area contributed by atoms with Gasteiger partial charge >= 0.3 is 0 Å². The fourth-order valence-corrected chi connectivity index (χ4v) is 5.18. The van der Waals surface area contributed by atoms with Crippen molar-refractivity contribution in [1.82, 2.24) is 4.98 Å². The van der Waals surface area contributed by atoms with Crippen molar-refractivity contribution in [2.75, 3.05) is 19.5 Å². The van der Waals surface area contributed by atoms with E-state index in [1.807, 2.05) is 24.3 Å². The number of benzene rings is 2. The number of anilines is 1. The molecule has 4 aromatic rings. The van der Waals surface area contributed by atoms with Gasteiger partial charge in [0.25, 0.3) is 5.91 Å². The fraction of sp³-hybridized carbons (Fsp3) is 0.240. The number of carbonyl (C=O) groups excluding carboxylic acids is 2. The van der Waals surface area contributed by atoms with Crippen molar-refractivity contribution in [3.63, 3.8) is 0 Å². The standard InChI is InChI=1S/C25H24N2O4S/c1-14-22-17(13-31-4)8-9-18(15(2)28)24(22)32-23(14)25(29)27-21-11-10-19-16(12-30-3)6-5-7-20(19)26-21/h5-11H,12-13H2,1-4H3,(H,26,27,29)/i4D3. The Labute approximate surface area is 194 Å². The van der Waals surface area contributed by atoms with Crippen LogP contribution in [-0.4, -0.2) is 30.8 Å². The van der Waals surface area contributed by atoms with Crippen LogP contribution in [0, 0.1) is 6.92 Å². The topological polar surface area (TPSA) is 77.5 Å². The first-order chi connectivity index (χ1) is 16.6. The summed E-state index contributed by atoms with van der Waals surface area (Å²) in [6.45, 7) is 3.53. The Hall–Kier alpha value is -3.13. The highest BCUT2D eigenvalue weighted by Crippen LogP contribution is 2.37. The predicted molar refractivity (Wildman–Crippen MR) is 128 cm³/mol. The second kappa shape index (κ2) is 9.16. The van der Waals surface area contributed by atoms with Gasteiger partial charge in [-0.25, -0.2) is 4.98 Å². The molecule has 0 aliphatic rings. The van der Waals surface area contributed by atoms with Gasteiger partial charge in [-0.2, -0.15) is 0 Å². The number of pyridine rings is 1. The Morgan fingerprint density at radius 2 is 1.91 bits per heavy atom. The number of ether oxygens (including phenoxy) is 2. The third-order valence-corrected chi connectivity index (χ3v) is 6.66. The van der Waals surface area contributed by atoms with E-state index in [0.717, 1.165) is 16.5 Å². The maximum absolute atomic E-state index is 13.3. The Morgan fingerprint density at radius 3 is 2.66 bits per heavy atom. The molecule has 0 bridgehead atoms. The number of amides is 1. The summed E-state index contributed by atoms with van der Waals surface area (Å²) in [7, 11) is -0.924. The molecule has 2 heterocycles. The number of nitrogens with zero attached hydrogens (tertiary/aromatic N) is 1. The van der Waals surface area contributed by atoms with E-state index in [0.29, 0.717) is 44.1 Å². The monoisotopic (exact) mass is 451 g/mol. The number of Topliss-reactive ketones (excluding diaryl/α,β-unsaturated/α-hetero) is 1. The molecule has 2 aromatic carbocycles. The molecule has 0 saturated carbocycles. The first kappa shape index (κ1) is 18.4. The lowest BCUT2D eigenvalue weighted by Gasteiger charge is -2.08. The van der Waals surface area contributed by atoms with Gasteiger partial charge in [-0.15, -0.1) is 11.3 Å². The molecule has 7 heteroatoms. The number of thiophene rings is 1. The Kier molecular flexibility index (Phi) is 5.28. The van der Waals surface area contributed by atoms with E-state index >= 15 is 0 Å². The second-order valence-corrected chi connectivity index (χ2v) is 8.47. The van der Waals surface area contributed by atoms with Crippen LogP contribution in [0.25, 0.3) is 21.0 Å². The van der Waals surface area contributed by atoms with Crippen LogP contribution >= 0.6 is 11.3 Å². The van der Waals surface area contributed by atoms with Crippen LogP contribution in [-0.2, 0) is 22.7 Å². The maximum atomic E-state index is 13.3. The number of aryl methyl sites for hydroxylation is 1. The van der Waals surface area contributed by atoms with Gasteiger partial charge in [0.05, 0.1) is 27.7 Å². The molecule has 1 N–H and O–H groups in total. The molecule has 4 rings (SSSR count). The summed E-state index contributed by atoms with van der Waals surface area (Å²) >= 11 is 1.19. The van der Waals surface area contributed by atoms with Crippen molar-refractivity contribution in [1.29, 1.82) is 0 Å². The molecule has 0 radical (unpaired) electrons. The first-order valence-electron chi connectivity index (χ1n) is 11.5. The number of ketones is 1. The van der Waals surface area contributed by atoms with E-state index in [2.05, 4.69) is 10.3 Å². The number of rotatable bonds is 7. The lowest BCUT2D eigenvalue weighted by atomic mass is 10.0. The molecule has 0 aliphatic carbocycles. The Bertz CT molecular complexity index is 1450. The van der Waals surface area contributed by atoms with Crippen molar-refractivity contribution >= 4 is 49.8 Å². The van der Waals surface area contributed by atoms with Crippen molar-refractivity contribution in [2.24, 2.45) is 0 Å². The lowest BCUT2D eigenvalue weighted by molar-refractivity contribution is 0.101. The minimum absolute atomic E-state index is 0.144. The van der Waals surface area contributed by atoms with Gasteiger partial charge in [-0.1, -0.05) is 18.2 Å². The summed E-state index contributed by atoms with van der Waals surface area (Å²) in [6, 6.07) is 12.7. The van der Waals surface area contributed by atoms with Crippen LogP contribution in [0.3, 0.4) is 0 Å². The van der Waals surface area contributed by atoms with Crippen molar-refractivity contribution in [3.05, 3.63) is 69.6 Å². The summed E-state index contributed by atoms with van der Waals surface area (Å²) in [5.41, 5.74) is 3.45. The van der Waals surface area contributed by atoms with Crippen LogP contribution in [0.5, 0.6) is 0 Å². The molecule has 0 unspecified atom stereocenters. The summed E-state index contributed by atoms with van der Waals surface area (Å²) in [4.78, 5) is 30.5. The maximum Gasteiger partial charge on any atom is 0.267 e. The van der Waals surface area contributed by atoms with Crippen molar-refractivity contribution in [2.45, 2.75) is 27.1 Å². The van der Waals surface area contributed by atoms with Gasteiger partial charge < -0.3 is 14.8 Å². The predicted octanol–water partition coefficient (Wildman–Crippen LogP) is 5.51. The van der Waals surface area contributed by atoms with Crippen LogP contribution in [0.1, 0.15) is 47.8 Å². The molecule has 0 atom stereocenters. The number of nitrogens with one attached hydrogen (secondary N) is 1. The Balaban J connectivity index is 1.71. The number of methoxy groups -OCH3 is 2. The molecule has 0 aliphatic heterocycles. The fourth-order valence-electron chi connectivity index (χ4n) is 3.87. The molecular formula is C25H24N2O4S. The molecule has 164 valence electrons. The highest BCUT2D eigenvalue weighted by atomic mass is 32.1. The second-order valence-electron chi connectivity index (χ2n) is 7.44. The zero-order valence-corrected chi connectivity index (χ0v) is 18.8. The summed E-state index contributed by atoms with van der Waals surface area (Å²) < 4.78 is 32.9. The number of aromatic nitrogens is 1. The van der Waals surface area contributed by atoms with Crippen molar-refractivity contribution < 1.29 is 23.2 Å².